The highest BCUT2D eigenvalue weighted by atomic mass is 35.5. The van der Waals surface area contributed by atoms with Gasteiger partial charge in [0.2, 0.25) is 5.95 Å². The molecule has 182 valence electrons. The predicted molar refractivity (Wildman–Crippen MR) is 136 cm³/mol. The molecule has 1 aliphatic heterocycles. The van der Waals surface area contributed by atoms with Gasteiger partial charge in [0.1, 0.15) is 10.8 Å². The molecule has 0 unspecified atom stereocenters. The number of thiazole rings is 1. The Labute approximate surface area is 208 Å². The smallest absolute Gasteiger partial charge is 0.332 e. The lowest BCUT2D eigenvalue weighted by Gasteiger charge is -2.32. The molecule has 4 heterocycles. The fraction of sp³-hybridized carbons (Fsp3) is 0.391. The van der Waals surface area contributed by atoms with Gasteiger partial charge in [0.05, 0.1) is 23.3 Å². The topological polar surface area (TPSA) is 90.0 Å². The lowest BCUT2D eigenvalue weighted by Crippen LogP contribution is -2.44. The number of imidazole rings is 1. The molecular formula is C23H23ClFN7O2S. The second-order valence-electron chi connectivity index (χ2n) is 8.44. The second kappa shape index (κ2) is 9.45. The second-order valence-corrected chi connectivity index (χ2v) is 9.78. The molecule has 12 heteroatoms. The van der Waals surface area contributed by atoms with Gasteiger partial charge < -0.3 is 4.90 Å². The first-order chi connectivity index (χ1) is 16.9. The minimum atomic E-state index is -0.496. The summed E-state index contributed by atoms with van der Waals surface area (Å²) in [5.41, 5.74) is 0.141. The van der Waals surface area contributed by atoms with Gasteiger partial charge in [0.25, 0.3) is 5.56 Å². The number of hydrogen-bond acceptors (Lipinski definition) is 7. The lowest BCUT2D eigenvalue weighted by molar-refractivity contribution is 0.473. The number of aryl methyl sites for hydroxylation is 1. The van der Waals surface area contributed by atoms with E-state index in [-0.39, 0.29) is 24.9 Å². The minimum Gasteiger partial charge on any atom is -0.341 e. The van der Waals surface area contributed by atoms with E-state index < -0.39 is 11.2 Å². The Balaban J connectivity index is 1.66. The Morgan fingerprint density at radius 2 is 2.11 bits per heavy atom. The number of rotatable bonds is 5. The fourth-order valence-electron chi connectivity index (χ4n) is 4.45. The van der Waals surface area contributed by atoms with Crippen LogP contribution in [-0.4, -0.2) is 42.8 Å². The Morgan fingerprint density at radius 3 is 2.89 bits per heavy atom. The number of halogens is 2. The number of piperidine rings is 1. The van der Waals surface area contributed by atoms with Crippen LogP contribution < -0.4 is 21.0 Å². The maximum atomic E-state index is 13.7. The van der Waals surface area contributed by atoms with Crippen molar-refractivity contribution in [2.45, 2.75) is 38.9 Å². The number of hydrogen-bond donors (Lipinski definition) is 1. The number of benzene rings is 1. The molecule has 1 N–H and O–H groups in total. The fourth-order valence-corrected chi connectivity index (χ4v) is 5.56. The van der Waals surface area contributed by atoms with Crippen LogP contribution in [0, 0.1) is 17.7 Å². The Hall–Kier alpha value is -3.20. The maximum absolute atomic E-state index is 13.7. The van der Waals surface area contributed by atoms with Gasteiger partial charge in [-0.15, -0.1) is 17.3 Å². The van der Waals surface area contributed by atoms with Crippen LogP contribution in [0.2, 0.25) is 0 Å². The van der Waals surface area contributed by atoms with Crippen molar-refractivity contribution in [3.8, 4) is 11.8 Å². The SMILES string of the molecule is CC#CCn1c(N2CCC[C@@H](NCl)C2)nc2c1c(=O)n(Cc1nc3cc(F)ccc3s1)c(=O)n2C. The summed E-state index contributed by atoms with van der Waals surface area (Å²) in [5.74, 6) is 6.09. The van der Waals surface area contributed by atoms with Crippen molar-refractivity contribution >= 4 is 50.4 Å². The van der Waals surface area contributed by atoms with Crippen LogP contribution in [0.4, 0.5) is 10.3 Å². The molecule has 1 saturated heterocycles. The highest BCUT2D eigenvalue weighted by molar-refractivity contribution is 7.18. The normalized spacial score (nSPS) is 16.1. The molecule has 9 nitrogen and oxygen atoms in total. The van der Waals surface area contributed by atoms with Gasteiger partial charge in [-0.25, -0.2) is 19.0 Å². The van der Waals surface area contributed by atoms with E-state index in [1.54, 1.807) is 24.6 Å². The molecule has 1 fully saturated rings. The molecule has 0 bridgehead atoms. The summed E-state index contributed by atoms with van der Waals surface area (Å²) in [6, 6.07) is 4.43. The quantitative estimate of drug-likeness (QED) is 0.324. The van der Waals surface area contributed by atoms with Gasteiger partial charge in [0, 0.05) is 32.2 Å². The zero-order chi connectivity index (χ0) is 24.7. The monoisotopic (exact) mass is 515 g/mol. The molecule has 35 heavy (non-hydrogen) atoms. The van der Waals surface area contributed by atoms with Crippen molar-refractivity contribution in [1.82, 2.24) is 28.5 Å². The average molecular weight is 516 g/mol. The van der Waals surface area contributed by atoms with Gasteiger partial charge in [-0.2, -0.15) is 4.98 Å². The van der Waals surface area contributed by atoms with E-state index in [1.807, 2.05) is 0 Å². The van der Waals surface area contributed by atoms with Crippen molar-refractivity contribution in [2.75, 3.05) is 18.0 Å². The van der Waals surface area contributed by atoms with Crippen LogP contribution in [0.25, 0.3) is 21.4 Å². The van der Waals surface area contributed by atoms with Crippen molar-refractivity contribution in [1.29, 1.82) is 0 Å². The maximum Gasteiger partial charge on any atom is 0.332 e. The van der Waals surface area contributed by atoms with Crippen molar-refractivity contribution in [3.05, 3.63) is 49.9 Å². The molecule has 0 amide bonds. The Kier molecular flexibility index (Phi) is 6.35. The molecule has 4 aromatic rings. The first kappa shape index (κ1) is 23.5. The van der Waals surface area contributed by atoms with E-state index in [4.69, 9.17) is 16.8 Å². The Bertz CT molecular complexity index is 1610. The summed E-state index contributed by atoms with van der Waals surface area (Å²) in [6.07, 6.45) is 1.85. The third kappa shape index (κ3) is 4.22. The van der Waals surface area contributed by atoms with Crippen LogP contribution in [0.15, 0.2) is 27.8 Å². The molecule has 3 aromatic heterocycles. The molecule has 0 radical (unpaired) electrons. The molecule has 0 saturated carbocycles. The number of anilines is 1. The molecule has 1 aromatic carbocycles. The van der Waals surface area contributed by atoms with Gasteiger partial charge >= 0.3 is 5.69 Å². The zero-order valence-corrected chi connectivity index (χ0v) is 20.8. The van der Waals surface area contributed by atoms with Crippen LogP contribution in [0.3, 0.4) is 0 Å². The van der Waals surface area contributed by atoms with E-state index in [2.05, 4.69) is 26.6 Å². The highest BCUT2D eigenvalue weighted by Gasteiger charge is 2.27. The molecule has 5 rings (SSSR count). The third-order valence-corrected chi connectivity index (χ3v) is 7.50. The van der Waals surface area contributed by atoms with Crippen molar-refractivity contribution < 1.29 is 4.39 Å². The van der Waals surface area contributed by atoms with E-state index >= 15 is 0 Å². The number of fused-ring (bicyclic) bond motifs is 2. The van der Waals surface area contributed by atoms with Crippen LogP contribution in [-0.2, 0) is 20.1 Å². The first-order valence-electron chi connectivity index (χ1n) is 11.2. The van der Waals surface area contributed by atoms with Crippen molar-refractivity contribution in [2.24, 2.45) is 7.05 Å². The van der Waals surface area contributed by atoms with Gasteiger partial charge in [0.15, 0.2) is 11.2 Å². The summed E-state index contributed by atoms with van der Waals surface area (Å²) in [7, 11) is 1.60. The molecule has 0 aliphatic carbocycles. The summed E-state index contributed by atoms with van der Waals surface area (Å²) in [4.78, 5) is 40.9. The first-order valence-corrected chi connectivity index (χ1v) is 12.4. The number of nitrogens with zero attached hydrogens (tertiary/aromatic N) is 6. The van der Waals surface area contributed by atoms with Crippen LogP contribution >= 0.6 is 23.1 Å². The number of aromatic nitrogens is 5. The summed E-state index contributed by atoms with van der Waals surface area (Å²) >= 11 is 7.21. The Morgan fingerprint density at radius 1 is 1.29 bits per heavy atom. The van der Waals surface area contributed by atoms with E-state index in [0.717, 1.165) is 28.7 Å². The van der Waals surface area contributed by atoms with Crippen LogP contribution in [0.5, 0.6) is 0 Å². The van der Waals surface area contributed by atoms with Crippen molar-refractivity contribution in [3.63, 3.8) is 0 Å². The number of nitrogens with one attached hydrogen (secondary N) is 1. The van der Waals surface area contributed by atoms with E-state index in [0.29, 0.717) is 34.2 Å². The average Bonchev–Trinajstić information content (AvgIpc) is 3.45. The third-order valence-electron chi connectivity index (χ3n) is 6.17. The van der Waals surface area contributed by atoms with Gasteiger partial charge in [-0.05, 0) is 43.7 Å². The largest absolute Gasteiger partial charge is 0.341 e. The summed E-state index contributed by atoms with van der Waals surface area (Å²) in [6.45, 7) is 3.34. The lowest BCUT2D eigenvalue weighted by atomic mass is 10.1. The summed E-state index contributed by atoms with van der Waals surface area (Å²) in [5, 5.41) is 0.538. The standard InChI is InChI=1S/C23H23ClFN7O2S/c1-3-4-10-31-19-20(27-22(31)30-9-5-6-15(12-30)28-24)29(2)23(34)32(21(19)33)13-18-26-16-11-14(25)7-8-17(16)35-18/h7-8,11,15,28H,5-6,9-10,12-13H2,1-2H3/t15-/m1/s1. The predicted octanol–water partition coefficient (Wildman–Crippen LogP) is 2.43. The highest BCUT2D eigenvalue weighted by Crippen LogP contribution is 2.25. The van der Waals surface area contributed by atoms with E-state index in [9.17, 15) is 14.0 Å². The van der Waals surface area contributed by atoms with E-state index in [1.165, 1.54) is 28.0 Å². The van der Waals surface area contributed by atoms with Crippen LogP contribution in [0.1, 0.15) is 24.8 Å². The molecule has 1 aliphatic rings. The summed E-state index contributed by atoms with van der Waals surface area (Å²) < 4.78 is 18.7. The molecule has 0 spiro atoms. The van der Waals surface area contributed by atoms with Gasteiger partial charge in [-0.3, -0.25) is 18.5 Å². The van der Waals surface area contributed by atoms with Gasteiger partial charge in [-0.1, -0.05) is 5.92 Å². The minimum absolute atomic E-state index is 0.0235. The zero-order valence-electron chi connectivity index (χ0n) is 19.2. The molecule has 1 atom stereocenters. The molecular weight excluding hydrogens is 493 g/mol.